The molecule has 1 saturated heterocycles. The molecule has 1 amide bonds. The lowest BCUT2D eigenvalue weighted by Gasteiger charge is -2.36. The molecule has 156 valence electrons. The number of amides is 1. The van der Waals surface area contributed by atoms with Gasteiger partial charge in [0.2, 0.25) is 0 Å². The Morgan fingerprint density at radius 3 is 2.50 bits per heavy atom. The van der Waals surface area contributed by atoms with E-state index in [1.807, 2.05) is 30.3 Å². The van der Waals surface area contributed by atoms with E-state index in [0.29, 0.717) is 10.8 Å². The summed E-state index contributed by atoms with van der Waals surface area (Å²) in [5.41, 5.74) is 1.63. The number of benzene rings is 1. The van der Waals surface area contributed by atoms with E-state index in [9.17, 15) is 4.79 Å². The lowest BCUT2D eigenvalue weighted by molar-refractivity contribution is 0.0918. The number of nitrogens with one attached hydrogen (secondary N) is 1. The van der Waals surface area contributed by atoms with Crippen LogP contribution in [0.5, 0.6) is 0 Å². The van der Waals surface area contributed by atoms with Gasteiger partial charge in [-0.2, -0.15) is 8.75 Å². The molecule has 0 saturated carbocycles. The standard InChI is InChI=1S/C21H23ClN6OS/c22-19-20(26-30-25-19)28-12-10-27(11-13-28)15-17(14-16-6-2-1-3-7-16)24-21(29)18-8-4-5-9-23-18/h1-9,17H,10-15H2,(H,24,29)/t17-/m0/s1. The van der Waals surface area contributed by atoms with Crippen molar-refractivity contribution in [2.24, 2.45) is 0 Å². The Bertz CT molecular complexity index is 946. The lowest BCUT2D eigenvalue weighted by Crippen LogP contribution is -2.52. The molecule has 4 rings (SSSR count). The van der Waals surface area contributed by atoms with E-state index in [-0.39, 0.29) is 11.9 Å². The number of piperazine rings is 1. The summed E-state index contributed by atoms with van der Waals surface area (Å²) >= 11 is 7.26. The summed E-state index contributed by atoms with van der Waals surface area (Å²) in [6.07, 6.45) is 2.40. The van der Waals surface area contributed by atoms with Gasteiger partial charge in [0.25, 0.3) is 5.91 Å². The van der Waals surface area contributed by atoms with Gasteiger partial charge >= 0.3 is 0 Å². The first-order valence-electron chi connectivity index (χ1n) is 9.90. The van der Waals surface area contributed by atoms with E-state index in [1.54, 1.807) is 12.3 Å². The van der Waals surface area contributed by atoms with Crippen LogP contribution in [-0.2, 0) is 6.42 Å². The number of halogens is 1. The van der Waals surface area contributed by atoms with E-state index >= 15 is 0 Å². The quantitative estimate of drug-likeness (QED) is 0.606. The summed E-state index contributed by atoms with van der Waals surface area (Å²) < 4.78 is 8.35. The van der Waals surface area contributed by atoms with Crippen LogP contribution in [-0.4, -0.2) is 63.3 Å². The van der Waals surface area contributed by atoms with Crippen LogP contribution in [0.2, 0.25) is 5.15 Å². The summed E-state index contributed by atoms with van der Waals surface area (Å²) in [5, 5.41) is 3.65. The Kier molecular flexibility index (Phi) is 6.88. The van der Waals surface area contributed by atoms with E-state index in [2.05, 4.69) is 41.0 Å². The van der Waals surface area contributed by atoms with Crippen molar-refractivity contribution >= 4 is 35.1 Å². The van der Waals surface area contributed by atoms with Crippen LogP contribution in [0.3, 0.4) is 0 Å². The molecule has 30 heavy (non-hydrogen) atoms. The summed E-state index contributed by atoms with van der Waals surface area (Å²) in [5.74, 6) is 0.626. The lowest BCUT2D eigenvalue weighted by atomic mass is 10.0. The van der Waals surface area contributed by atoms with Crippen molar-refractivity contribution < 1.29 is 4.79 Å². The molecule has 0 aliphatic carbocycles. The van der Waals surface area contributed by atoms with Gasteiger partial charge in [0.1, 0.15) is 5.69 Å². The molecule has 1 aliphatic heterocycles. The molecule has 3 heterocycles. The number of aromatic nitrogens is 3. The molecule has 2 aromatic heterocycles. The number of rotatable bonds is 7. The number of hydrogen-bond acceptors (Lipinski definition) is 7. The first kappa shape index (κ1) is 20.7. The Morgan fingerprint density at radius 2 is 1.83 bits per heavy atom. The third-order valence-corrected chi connectivity index (χ3v) is 6.01. The predicted molar refractivity (Wildman–Crippen MR) is 119 cm³/mol. The second-order valence-electron chi connectivity index (χ2n) is 7.24. The normalized spacial score (nSPS) is 15.7. The number of hydrogen-bond donors (Lipinski definition) is 1. The SMILES string of the molecule is O=C(N[C@@H](Cc1ccccc1)CN1CCN(c2nsnc2Cl)CC1)c1ccccn1. The number of carbonyl (C=O) groups excluding carboxylic acids is 1. The van der Waals surface area contributed by atoms with Gasteiger partial charge in [-0.1, -0.05) is 48.0 Å². The van der Waals surface area contributed by atoms with Crippen LogP contribution in [0.25, 0.3) is 0 Å². The average Bonchev–Trinajstić information content (AvgIpc) is 3.21. The highest BCUT2D eigenvalue weighted by Gasteiger charge is 2.24. The maximum Gasteiger partial charge on any atom is 0.270 e. The van der Waals surface area contributed by atoms with Gasteiger partial charge < -0.3 is 10.2 Å². The van der Waals surface area contributed by atoms with Crippen LogP contribution < -0.4 is 10.2 Å². The third kappa shape index (κ3) is 5.33. The van der Waals surface area contributed by atoms with E-state index < -0.39 is 0 Å². The van der Waals surface area contributed by atoms with Crippen molar-refractivity contribution in [3.8, 4) is 0 Å². The van der Waals surface area contributed by atoms with E-state index in [4.69, 9.17) is 11.6 Å². The van der Waals surface area contributed by atoms with Crippen molar-refractivity contribution in [2.75, 3.05) is 37.6 Å². The van der Waals surface area contributed by atoms with Gasteiger partial charge in [-0.05, 0) is 24.1 Å². The summed E-state index contributed by atoms with van der Waals surface area (Å²) in [6.45, 7) is 4.18. The summed E-state index contributed by atoms with van der Waals surface area (Å²) in [4.78, 5) is 21.4. The zero-order valence-corrected chi connectivity index (χ0v) is 18.0. The van der Waals surface area contributed by atoms with Gasteiger partial charge in [0, 0.05) is 45.0 Å². The Hall–Kier alpha value is -2.55. The fraction of sp³-hybridized carbons (Fsp3) is 0.333. The molecular weight excluding hydrogens is 420 g/mol. The second-order valence-corrected chi connectivity index (χ2v) is 8.13. The monoisotopic (exact) mass is 442 g/mol. The molecule has 1 N–H and O–H groups in total. The van der Waals surface area contributed by atoms with E-state index in [1.165, 1.54) is 5.56 Å². The third-order valence-electron chi connectivity index (χ3n) is 5.14. The maximum absolute atomic E-state index is 12.7. The van der Waals surface area contributed by atoms with Crippen molar-refractivity contribution in [2.45, 2.75) is 12.5 Å². The van der Waals surface area contributed by atoms with Crippen LogP contribution in [0.15, 0.2) is 54.7 Å². The fourth-order valence-electron chi connectivity index (χ4n) is 3.63. The number of anilines is 1. The summed E-state index contributed by atoms with van der Waals surface area (Å²) in [6, 6.07) is 15.6. The molecule has 1 atom stereocenters. The predicted octanol–water partition coefficient (Wildman–Crippen LogP) is 2.75. The molecule has 7 nitrogen and oxygen atoms in total. The van der Waals surface area contributed by atoms with Gasteiger partial charge in [-0.15, -0.1) is 0 Å². The van der Waals surface area contributed by atoms with Gasteiger partial charge in [0.15, 0.2) is 11.0 Å². The Labute approximate surface area is 185 Å². The highest BCUT2D eigenvalue weighted by atomic mass is 35.5. The Balaban J connectivity index is 1.39. The maximum atomic E-state index is 12.7. The molecule has 0 spiro atoms. The van der Waals surface area contributed by atoms with Gasteiger partial charge in [0.05, 0.1) is 11.7 Å². The van der Waals surface area contributed by atoms with Crippen LogP contribution in [0.1, 0.15) is 16.1 Å². The number of nitrogens with zero attached hydrogens (tertiary/aromatic N) is 5. The van der Waals surface area contributed by atoms with Crippen LogP contribution >= 0.6 is 23.3 Å². The summed E-state index contributed by atoms with van der Waals surface area (Å²) in [7, 11) is 0. The Morgan fingerprint density at radius 1 is 1.07 bits per heavy atom. The van der Waals surface area contributed by atoms with Gasteiger partial charge in [-0.25, -0.2) is 0 Å². The minimum Gasteiger partial charge on any atom is -0.351 e. The van der Waals surface area contributed by atoms with Gasteiger partial charge in [-0.3, -0.25) is 14.7 Å². The number of pyridine rings is 1. The molecule has 1 fully saturated rings. The first-order valence-corrected chi connectivity index (χ1v) is 11.0. The number of carbonyl (C=O) groups is 1. The highest BCUT2D eigenvalue weighted by Crippen LogP contribution is 2.23. The smallest absolute Gasteiger partial charge is 0.270 e. The molecule has 0 radical (unpaired) electrons. The van der Waals surface area contributed by atoms with Crippen molar-refractivity contribution in [1.29, 1.82) is 0 Å². The minimum absolute atomic E-state index is 0.0158. The molecule has 1 aliphatic rings. The minimum atomic E-state index is -0.143. The zero-order valence-electron chi connectivity index (χ0n) is 16.4. The van der Waals surface area contributed by atoms with Crippen molar-refractivity contribution in [1.82, 2.24) is 23.9 Å². The van der Waals surface area contributed by atoms with Crippen molar-refractivity contribution in [3.63, 3.8) is 0 Å². The molecule has 9 heteroatoms. The fourth-order valence-corrected chi connectivity index (χ4v) is 4.41. The molecule has 0 bridgehead atoms. The average molecular weight is 443 g/mol. The molecule has 3 aromatic rings. The molecule has 1 aromatic carbocycles. The molecular formula is C21H23ClN6OS. The first-order chi connectivity index (χ1) is 14.7. The highest BCUT2D eigenvalue weighted by molar-refractivity contribution is 6.99. The topological polar surface area (TPSA) is 74.2 Å². The molecule has 0 unspecified atom stereocenters. The van der Waals surface area contributed by atoms with Crippen molar-refractivity contribution in [3.05, 3.63) is 71.1 Å². The van der Waals surface area contributed by atoms with E-state index in [0.717, 1.165) is 56.7 Å². The van der Waals surface area contributed by atoms with Crippen LogP contribution in [0, 0.1) is 0 Å². The second kappa shape index (κ2) is 9.97. The van der Waals surface area contributed by atoms with Crippen LogP contribution in [0.4, 0.5) is 5.82 Å². The largest absolute Gasteiger partial charge is 0.351 e. The zero-order chi connectivity index (χ0) is 20.8.